The standard InChI is InChI=1S/C9H14O2/c1-6-4-9-7(2-3-11-9)8(6)5-10/h4,7-10H,2-3,5H2,1H3. The van der Waals surface area contributed by atoms with E-state index in [0.717, 1.165) is 13.0 Å². The summed E-state index contributed by atoms with van der Waals surface area (Å²) >= 11 is 0. The first-order valence-electron chi connectivity index (χ1n) is 4.23. The predicted molar refractivity (Wildman–Crippen MR) is 42.2 cm³/mol. The van der Waals surface area contributed by atoms with Crippen molar-refractivity contribution in [1.82, 2.24) is 0 Å². The molecule has 0 spiro atoms. The van der Waals surface area contributed by atoms with Crippen LogP contribution >= 0.6 is 0 Å². The molecule has 2 aliphatic rings. The Balaban J connectivity index is 2.16. The highest BCUT2D eigenvalue weighted by molar-refractivity contribution is 5.19. The molecular formula is C9H14O2. The molecule has 2 nitrogen and oxygen atoms in total. The van der Waals surface area contributed by atoms with E-state index < -0.39 is 0 Å². The number of hydrogen-bond donors (Lipinski definition) is 1. The van der Waals surface area contributed by atoms with Gasteiger partial charge in [0.05, 0.1) is 6.10 Å². The molecule has 1 saturated heterocycles. The van der Waals surface area contributed by atoms with Gasteiger partial charge < -0.3 is 9.84 Å². The summed E-state index contributed by atoms with van der Waals surface area (Å²) in [4.78, 5) is 0. The SMILES string of the molecule is CC1=CC2OCCC2C1CO. The second-order valence-electron chi connectivity index (χ2n) is 3.49. The summed E-state index contributed by atoms with van der Waals surface area (Å²) < 4.78 is 5.49. The van der Waals surface area contributed by atoms with Gasteiger partial charge in [0.1, 0.15) is 0 Å². The predicted octanol–water partition coefficient (Wildman–Crippen LogP) is 0.960. The molecule has 1 aliphatic heterocycles. The fraction of sp³-hybridized carbons (Fsp3) is 0.778. The molecule has 2 rings (SSSR count). The van der Waals surface area contributed by atoms with Crippen LogP contribution in [0.5, 0.6) is 0 Å². The molecule has 1 aliphatic carbocycles. The Morgan fingerprint density at radius 2 is 2.55 bits per heavy atom. The van der Waals surface area contributed by atoms with Gasteiger partial charge in [0.15, 0.2) is 0 Å². The van der Waals surface area contributed by atoms with Crippen molar-refractivity contribution in [1.29, 1.82) is 0 Å². The first kappa shape index (κ1) is 7.32. The average Bonchev–Trinajstić information content (AvgIpc) is 2.46. The van der Waals surface area contributed by atoms with E-state index in [1.54, 1.807) is 0 Å². The van der Waals surface area contributed by atoms with E-state index in [4.69, 9.17) is 9.84 Å². The number of fused-ring (bicyclic) bond motifs is 1. The van der Waals surface area contributed by atoms with Gasteiger partial charge in [-0.2, -0.15) is 0 Å². The second-order valence-corrected chi connectivity index (χ2v) is 3.49. The van der Waals surface area contributed by atoms with Crippen LogP contribution in [0, 0.1) is 11.8 Å². The summed E-state index contributed by atoms with van der Waals surface area (Å²) in [5, 5.41) is 9.09. The number of ether oxygens (including phenoxy) is 1. The normalized spacial score (nSPS) is 42.4. The molecule has 1 heterocycles. The fourth-order valence-electron chi connectivity index (χ4n) is 2.23. The van der Waals surface area contributed by atoms with Gasteiger partial charge in [-0.1, -0.05) is 11.6 Å². The van der Waals surface area contributed by atoms with Gasteiger partial charge in [-0.25, -0.2) is 0 Å². The van der Waals surface area contributed by atoms with E-state index in [1.807, 2.05) is 0 Å². The number of aliphatic hydroxyl groups excluding tert-OH is 1. The molecule has 1 N–H and O–H groups in total. The van der Waals surface area contributed by atoms with E-state index in [9.17, 15) is 0 Å². The van der Waals surface area contributed by atoms with Crippen molar-refractivity contribution in [3.05, 3.63) is 11.6 Å². The van der Waals surface area contributed by atoms with Crippen LogP contribution in [0.25, 0.3) is 0 Å². The molecule has 62 valence electrons. The van der Waals surface area contributed by atoms with Crippen molar-refractivity contribution in [3.63, 3.8) is 0 Å². The van der Waals surface area contributed by atoms with Crippen LogP contribution in [0.1, 0.15) is 13.3 Å². The van der Waals surface area contributed by atoms with Crippen molar-refractivity contribution in [2.75, 3.05) is 13.2 Å². The highest BCUT2D eigenvalue weighted by Crippen LogP contribution is 2.39. The summed E-state index contributed by atoms with van der Waals surface area (Å²) in [6.07, 6.45) is 3.59. The third kappa shape index (κ3) is 1.01. The molecule has 2 heteroatoms. The Hall–Kier alpha value is -0.340. The number of aliphatic hydroxyl groups is 1. The first-order valence-corrected chi connectivity index (χ1v) is 4.23. The summed E-state index contributed by atoms with van der Waals surface area (Å²) in [5.74, 6) is 0.947. The minimum absolute atomic E-state index is 0.285. The van der Waals surface area contributed by atoms with Crippen LogP contribution in [0.15, 0.2) is 11.6 Å². The van der Waals surface area contributed by atoms with Gasteiger partial charge in [0.25, 0.3) is 0 Å². The first-order chi connectivity index (χ1) is 5.33. The Kier molecular flexibility index (Phi) is 1.74. The van der Waals surface area contributed by atoms with Crippen molar-refractivity contribution >= 4 is 0 Å². The van der Waals surface area contributed by atoms with Crippen LogP contribution in [-0.2, 0) is 4.74 Å². The molecule has 0 aromatic rings. The van der Waals surface area contributed by atoms with Gasteiger partial charge in [-0.05, 0) is 19.3 Å². The van der Waals surface area contributed by atoms with Crippen LogP contribution in [0.4, 0.5) is 0 Å². The molecule has 3 atom stereocenters. The summed E-state index contributed by atoms with van der Waals surface area (Å²) in [7, 11) is 0. The largest absolute Gasteiger partial charge is 0.396 e. The van der Waals surface area contributed by atoms with Gasteiger partial charge in [0.2, 0.25) is 0 Å². The molecule has 1 fully saturated rings. The highest BCUT2D eigenvalue weighted by atomic mass is 16.5. The Morgan fingerprint density at radius 3 is 3.27 bits per heavy atom. The van der Waals surface area contributed by atoms with E-state index >= 15 is 0 Å². The van der Waals surface area contributed by atoms with E-state index in [1.165, 1.54) is 5.57 Å². The molecule has 0 aromatic carbocycles. The van der Waals surface area contributed by atoms with Crippen LogP contribution in [-0.4, -0.2) is 24.4 Å². The summed E-state index contributed by atoms with van der Waals surface area (Å²) in [6, 6.07) is 0. The summed E-state index contributed by atoms with van der Waals surface area (Å²) in [5.41, 5.74) is 1.31. The molecule has 0 radical (unpaired) electrons. The van der Waals surface area contributed by atoms with E-state index in [2.05, 4.69) is 13.0 Å². The second kappa shape index (κ2) is 2.61. The topological polar surface area (TPSA) is 29.5 Å². The van der Waals surface area contributed by atoms with Crippen molar-refractivity contribution in [2.45, 2.75) is 19.4 Å². The van der Waals surface area contributed by atoms with Crippen LogP contribution in [0.2, 0.25) is 0 Å². The molecule has 11 heavy (non-hydrogen) atoms. The van der Waals surface area contributed by atoms with Gasteiger partial charge >= 0.3 is 0 Å². The maximum atomic E-state index is 9.09. The maximum Gasteiger partial charge on any atom is 0.0794 e. The average molecular weight is 154 g/mol. The molecule has 3 unspecified atom stereocenters. The smallest absolute Gasteiger partial charge is 0.0794 e. The monoisotopic (exact) mass is 154 g/mol. The van der Waals surface area contributed by atoms with Gasteiger partial charge in [-0.15, -0.1) is 0 Å². The number of rotatable bonds is 1. The third-order valence-corrected chi connectivity index (χ3v) is 2.91. The van der Waals surface area contributed by atoms with E-state index in [0.29, 0.717) is 17.9 Å². The minimum atomic E-state index is 0.285. The lowest BCUT2D eigenvalue weighted by Gasteiger charge is -2.16. The third-order valence-electron chi connectivity index (χ3n) is 2.91. The Labute approximate surface area is 66.9 Å². The summed E-state index contributed by atoms with van der Waals surface area (Å²) in [6.45, 7) is 3.24. The van der Waals surface area contributed by atoms with Crippen molar-refractivity contribution in [3.8, 4) is 0 Å². The lowest BCUT2D eigenvalue weighted by atomic mass is 9.90. The zero-order chi connectivity index (χ0) is 7.84. The van der Waals surface area contributed by atoms with E-state index in [-0.39, 0.29) is 6.61 Å². The van der Waals surface area contributed by atoms with Crippen LogP contribution in [0.3, 0.4) is 0 Å². The zero-order valence-corrected chi connectivity index (χ0v) is 6.79. The maximum absolute atomic E-state index is 9.09. The quantitative estimate of drug-likeness (QED) is 0.570. The van der Waals surface area contributed by atoms with Crippen LogP contribution < -0.4 is 0 Å². The van der Waals surface area contributed by atoms with Gasteiger partial charge in [-0.3, -0.25) is 0 Å². The Morgan fingerprint density at radius 1 is 1.73 bits per heavy atom. The number of hydrogen-bond acceptors (Lipinski definition) is 2. The lowest BCUT2D eigenvalue weighted by molar-refractivity contribution is 0.116. The molecule has 0 saturated carbocycles. The highest BCUT2D eigenvalue weighted by Gasteiger charge is 2.38. The molecular weight excluding hydrogens is 140 g/mol. The molecule has 0 aromatic heterocycles. The fourth-order valence-corrected chi connectivity index (χ4v) is 2.23. The lowest BCUT2D eigenvalue weighted by Crippen LogP contribution is -2.18. The molecule has 0 amide bonds. The van der Waals surface area contributed by atoms with Crippen molar-refractivity contribution < 1.29 is 9.84 Å². The van der Waals surface area contributed by atoms with Crippen molar-refractivity contribution in [2.24, 2.45) is 11.8 Å². The molecule has 0 bridgehead atoms. The van der Waals surface area contributed by atoms with Gasteiger partial charge in [0, 0.05) is 19.1 Å². The zero-order valence-electron chi connectivity index (χ0n) is 6.79. The minimum Gasteiger partial charge on any atom is -0.396 e. The Bertz CT molecular complexity index is 186.